The zero-order valence-electron chi connectivity index (χ0n) is 17.3. The number of anilines is 1. The molecular formula is C21H28N6O2S. The number of hydrogen-bond acceptors (Lipinski definition) is 6. The Bertz CT molecular complexity index is 1090. The highest BCUT2D eigenvalue weighted by molar-refractivity contribution is 7.89. The minimum Gasteiger partial charge on any atom is -0.356 e. The van der Waals surface area contributed by atoms with Crippen molar-refractivity contribution in [3.63, 3.8) is 0 Å². The highest BCUT2D eigenvalue weighted by atomic mass is 32.2. The Hall–Kier alpha value is -2.52. The van der Waals surface area contributed by atoms with Crippen LogP contribution >= 0.6 is 0 Å². The van der Waals surface area contributed by atoms with Gasteiger partial charge >= 0.3 is 0 Å². The first-order valence-corrected chi connectivity index (χ1v) is 12.1. The van der Waals surface area contributed by atoms with Gasteiger partial charge in [0.05, 0.1) is 23.0 Å². The fraction of sp³-hybridized carbons (Fsp3) is 0.476. The van der Waals surface area contributed by atoms with Crippen LogP contribution in [0.1, 0.15) is 38.2 Å². The van der Waals surface area contributed by atoms with Gasteiger partial charge in [-0.3, -0.25) is 0 Å². The summed E-state index contributed by atoms with van der Waals surface area (Å²) >= 11 is 0. The van der Waals surface area contributed by atoms with Crippen LogP contribution < -0.4 is 9.62 Å². The lowest BCUT2D eigenvalue weighted by Gasteiger charge is -2.21. The average Bonchev–Trinajstić information content (AvgIpc) is 2.98. The molecule has 1 aliphatic heterocycles. The van der Waals surface area contributed by atoms with E-state index in [4.69, 9.17) is 0 Å². The number of benzene rings is 1. The fourth-order valence-electron chi connectivity index (χ4n) is 3.85. The van der Waals surface area contributed by atoms with Crippen molar-refractivity contribution in [2.75, 3.05) is 24.5 Å². The van der Waals surface area contributed by atoms with Crippen molar-refractivity contribution in [1.29, 1.82) is 0 Å². The molecule has 0 bridgehead atoms. The van der Waals surface area contributed by atoms with Crippen molar-refractivity contribution < 1.29 is 8.42 Å². The lowest BCUT2D eigenvalue weighted by atomic mass is 10.2. The van der Waals surface area contributed by atoms with Gasteiger partial charge in [0.15, 0.2) is 5.65 Å². The van der Waals surface area contributed by atoms with Gasteiger partial charge in [-0.2, -0.15) is 5.10 Å². The predicted molar refractivity (Wildman–Crippen MR) is 117 cm³/mol. The standard InChI is InChI=1S/C21H28N6O2S/c1-2-17-7-9-18(10-8-17)30(28,29)25-11-14-27-21-19(15-24-27)20(22-16-23-21)26-12-5-3-4-6-13-26/h7-10,15-16,25H,2-6,11-14H2,1H3. The lowest BCUT2D eigenvalue weighted by Crippen LogP contribution is -2.28. The summed E-state index contributed by atoms with van der Waals surface area (Å²) < 4.78 is 29.5. The molecule has 0 amide bonds. The van der Waals surface area contributed by atoms with Crippen LogP contribution in [-0.4, -0.2) is 47.8 Å². The number of aromatic nitrogens is 4. The lowest BCUT2D eigenvalue weighted by molar-refractivity contribution is 0.564. The summed E-state index contributed by atoms with van der Waals surface area (Å²) in [5.41, 5.74) is 1.84. The number of sulfonamides is 1. The summed E-state index contributed by atoms with van der Waals surface area (Å²) in [5, 5.41) is 5.36. The Balaban J connectivity index is 1.46. The molecule has 0 spiro atoms. The van der Waals surface area contributed by atoms with Crippen molar-refractivity contribution in [1.82, 2.24) is 24.5 Å². The SMILES string of the molecule is CCc1ccc(S(=O)(=O)NCCn2ncc3c(N4CCCCCC4)ncnc32)cc1. The maximum Gasteiger partial charge on any atom is 0.240 e. The van der Waals surface area contributed by atoms with E-state index in [-0.39, 0.29) is 11.4 Å². The molecule has 0 unspecified atom stereocenters. The maximum atomic E-state index is 12.5. The van der Waals surface area contributed by atoms with Crippen LogP contribution in [0, 0.1) is 0 Å². The summed E-state index contributed by atoms with van der Waals surface area (Å²) in [6.07, 6.45) is 9.08. The van der Waals surface area contributed by atoms with E-state index in [1.54, 1.807) is 29.3 Å². The quantitative estimate of drug-likeness (QED) is 0.622. The summed E-state index contributed by atoms with van der Waals surface area (Å²) in [5.74, 6) is 0.921. The van der Waals surface area contributed by atoms with Gasteiger partial charge in [-0.1, -0.05) is 31.9 Å². The van der Waals surface area contributed by atoms with Gasteiger partial charge < -0.3 is 4.90 Å². The number of aryl methyl sites for hydroxylation is 1. The molecule has 1 aromatic carbocycles. The molecule has 2 aromatic heterocycles. The number of fused-ring (bicyclic) bond motifs is 1. The number of rotatable bonds is 7. The Morgan fingerprint density at radius 1 is 1.03 bits per heavy atom. The van der Waals surface area contributed by atoms with Gasteiger partial charge in [0.1, 0.15) is 12.1 Å². The van der Waals surface area contributed by atoms with Crippen LogP contribution in [0.25, 0.3) is 11.0 Å². The second kappa shape index (κ2) is 9.09. The molecule has 4 rings (SSSR count). The molecule has 30 heavy (non-hydrogen) atoms. The van der Waals surface area contributed by atoms with Gasteiger partial charge in [0.2, 0.25) is 10.0 Å². The Morgan fingerprint density at radius 3 is 2.47 bits per heavy atom. The van der Waals surface area contributed by atoms with Gasteiger partial charge in [-0.15, -0.1) is 0 Å². The number of nitrogens with one attached hydrogen (secondary N) is 1. The monoisotopic (exact) mass is 428 g/mol. The second-order valence-electron chi connectivity index (χ2n) is 7.60. The molecule has 1 fully saturated rings. The third-order valence-electron chi connectivity index (χ3n) is 5.58. The molecule has 0 saturated carbocycles. The highest BCUT2D eigenvalue weighted by Crippen LogP contribution is 2.25. The summed E-state index contributed by atoms with van der Waals surface area (Å²) in [6, 6.07) is 6.98. The van der Waals surface area contributed by atoms with E-state index >= 15 is 0 Å². The van der Waals surface area contributed by atoms with Gasteiger partial charge in [-0.25, -0.2) is 27.8 Å². The van der Waals surface area contributed by atoms with Gasteiger partial charge in [-0.05, 0) is 37.0 Å². The molecule has 1 saturated heterocycles. The molecule has 0 aliphatic carbocycles. The summed E-state index contributed by atoms with van der Waals surface area (Å²) in [6.45, 7) is 4.66. The third kappa shape index (κ3) is 4.46. The van der Waals surface area contributed by atoms with Crippen LogP contribution in [0.2, 0.25) is 0 Å². The fourth-order valence-corrected chi connectivity index (χ4v) is 4.87. The molecule has 160 valence electrons. The van der Waals surface area contributed by atoms with Crippen molar-refractivity contribution in [2.45, 2.75) is 50.5 Å². The molecule has 0 atom stereocenters. The Labute approximate surface area is 177 Å². The maximum absolute atomic E-state index is 12.5. The largest absolute Gasteiger partial charge is 0.356 e. The minimum atomic E-state index is -3.55. The zero-order chi connectivity index (χ0) is 21.0. The second-order valence-corrected chi connectivity index (χ2v) is 9.37. The van der Waals surface area contributed by atoms with Crippen molar-refractivity contribution in [3.8, 4) is 0 Å². The Morgan fingerprint density at radius 2 is 1.77 bits per heavy atom. The number of nitrogens with zero attached hydrogens (tertiary/aromatic N) is 5. The van der Waals surface area contributed by atoms with Crippen LogP contribution in [0.5, 0.6) is 0 Å². The van der Waals surface area contributed by atoms with E-state index in [0.717, 1.165) is 41.9 Å². The summed E-state index contributed by atoms with van der Waals surface area (Å²) in [7, 11) is -3.55. The molecule has 3 aromatic rings. The molecule has 9 heteroatoms. The predicted octanol–water partition coefficient (Wildman–Crippen LogP) is 2.75. The van der Waals surface area contributed by atoms with Crippen LogP contribution in [0.15, 0.2) is 41.7 Å². The highest BCUT2D eigenvalue weighted by Gasteiger charge is 2.18. The topological polar surface area (TPSA) is 93.0 Å². The molecule has 1 aliphatic rings. The molecular weight excluding hydrogens is 400 g/mol. The van der Waals surface area contributed by atoms with Crippen LogP contribution in [-0.2, 0) is 23.0 Å². The Kier molecular flexibility index (Phi) is 6.29. The van der Waals surface area contributed by atoms with Crippen LogP contribution in [0.4, 0.5) is 5.82 Å². The van der Waals surface area contributed by atoms with E-state index in [1.165, 1.54) is 25.7 Å². The van der Waals surface area contributed by atoms with E-state index in [2.05, 4.69) is 24.7 Å². The molecule has 3 heterocycles. The molecule has 1 N–H and O–H groups in total. The van der Waals surface area contributed by atoms with E-state index < -0.39 is 10.0 Å². The smallest absolute Gasteiger partial charge is 0.240 e. The average molecular weight is 429 g/mol. The third-order valence-corrected chi connectivity index (χ3v) is 7.05. The first-order valence-electron chi connectivity index (χ1n) is 10.6. The summed E-state index contributed by atoms with van der Waals surface area (Å²) in [4.78, 5) is 11.5. The van der Waals surface area contributed by atoms with Gasteiger partial charge in [0, 0.05) is 19.6 Å². The van der Waals surface area contributed by atoms with Crippen molar-refractivity contribution in [2.24, 2.45) is 0 Å². The van der Waals surface area contributed by atoms with Crippen molar-refractivity contribution in [3.05, 3.63) is 42.4 Å². The van der Waals surface area contributed by atoms with E-state index in [0.29, 0.717) is 6.54 Å². The first-order chi connectivity index (χ1) is 14.6. The molecule has 0 radical (unpaired) electrons. The van der Waals surface area contributed by atoms with Crippen molar-refractivity contribution >= 4 is 26.9 Å². The molecule has 8 nitrogen and oxygen atoms in total. The first kappa shape index (κ1) is 20.7. The van der Waals surface area contributed by atoms with E-state index in [9.17, 15) is 8.42 Å². The van der Waals surface area contributed by atoms with Crippen LogP contribution in [0.3, 0.4) is 0 Å². The van der Waals surface area contributed by atoms with Gasteiger partial charge in [0.25, 0.3) is 0 Å². The minimum absolute atomic E-state index is 0.234. The normalized spacial score (nSPS) is 15.4. The zero-order valence-corrected chi connectivity index (χ0v) is 18.1. The number of hydrogen-bond donors (Lipinski definition) is 1. The van der Waals surface area contributed by atoms with E-state index in [1.807, 2.05) is 19.1 Å².